The lowest BCUT2D eigenvalue weighted by molar-refractivity contribution is -0.132. The summed E-state index contributed by atoms with van der Waals surface area (Å²) in [5.41, 5.74) is 0.540. The van der Waals surface area contributed by atoms with Crippen LogP contribution >= 0.6 is 0 Å². The minimum absolute atomic E-state index is 0.0532. The minimum Gasteiger partial charge on any atom is -0.478 e. The van der Waals surface area contributed by atoms with Crippen molar-refractivity contribution in [3.63, 3.8) is 0 Å². The van der Waals surface area contributed by atoms with Gasteiger partial charge in [-0.05, 0) is 24.1 Å². The number of amides is 1. The van der Waals surface area contributed by atoms with Crippen LogP contribution in [0.4, 0.5) is 5.82 Å². The van der Waals surface area contributed by atoms with Crippen LogP contribution in [0, 0.1) is 5.41 Å². The number of carbonyl (C=O) groups is 2. The molecule has 31 heavy (non-hydrogen) atoms. The molecule has 1 aliphatic heterocycles. The Labute approximate surface area is 179 Å². The van der Waals surface area contributed by atoms with E-state index < -0.39 is 11.4 Å². The molecule has 3 heterocycles. The molecule has 4 rings (SSSR count). The Balaban J connectivity index is 1.49. The predicted octanol–water partition coefficient (Wildman–Crippen LogP) is 1.32. The topological polar surface area (TPSA) is 113 Å². The molecule has 1 fully saturated rings. The number of carbonyl (C=O) groups excluding carboxylic acids is 1. The van der Waals surface area contributed by atoms with Gasteiger partial charge in [0.15, 0.2) is 0 Å². The van der Waals surface area contributed by atoms with Gasteiger partial charge in [-0.1, -0.05) is 30.3 Å². The summed E-state index contributed by atoms with van der Waals surface area (Å²) in [4.78, 5) is 35.1. The monoisotopic (exact) mass is 420 g/mol. The smallest absolute Gasteiger partial charge is 0.339 e. The lowest BCUT2D eigenvalue weighted by Crippen LogP contribution is -2.65. The molecule has 1 saturated heterocycles. The molecular formula is C22H24N6O3. The summed E-state index contributed by atoms with van der Waals surface area (Å²) in [6, 6.07) is 13.0. The number of nitrogens with zero attached hydrogens (tertiary/aromatic N) is 5. The van der Waals surface area contributed by atoms with Gasteiger partial charge in [-0.25, -0.2) is 14.8 Å². The van der Waals surface area contributed by atoms with Gasteiger partial charge in [-0.15, -0.1) is 0 Å². The minimum atomic E-state index is -1.03. The molecule has 160 valence electrons. The Morgan fingerprint density at radius 3 is 2.58 bits per heavy atom. The fourth-order valence-corrected chi connectivity index (χ4v) is 3.99. The quantitative estimate of drug-likeness (QED) is 0.565. The van der Waals surface area contributed by atoms with Crippen LogP contribution in [-0.4, -0.2) is 56.4 Å². The van der Waals surface area contributed by atoms with Gasteiger partial charge < -0.3 is 15.3 Å². The molecule has 3 aromatic rings. The van der Waals surface area contributed by atoms with E-state index in [2.05, 4.69) is 20.4 Å². The highest BCUT2D eigenvalue weighted by atomic mass is 16.4. The zero-order valence-corrected chi connectivity index (χ0v) is 17.2. The fraction of sp³-hybridized carbons (Fsp3) is 0.318. The Kier molecular flexibility index (Phi) is 5.66. The highest BCUT2D eigenvalue weighted by Gasteiger charge is 2.50. The number of aromatic nitrogens is 4. The van der Waals surface area contributed by atoms with E-state index in [1.165, 1.54) is 12.4 Å². The first-order valence-corrected chi connectivity index (χ1v) is 10.1. The van der Waals surface area contributed by atoms with Gasteiger partial charge in [-0.2, -0.15) is 5.10 Å². The normalized spacial score (nSPS) is 14.7. The van der Waals surface area contributed by atoms with Gasteiger partial charge in [-0.3, -0.25) is 9.48 Å². The molecule has 2 aromatic heterocycles. The van der Waals surface area contributed by atoms with Gasteiger partial charge in [0, 0.05) is 39.3 Å². The van der Waals surface area contributed by atoms with E-state index in [-0.39, 0.29) is 11.5 Å². The van der Waals surface area contributed by atoms with E-state index in [1.807, 2.05) is 42.3 Å². The molecule has 0 saturated carbocycles. The molecule has 9 heteroatoms. The number of carboxylic acid groups (broad SMARTS) is 1. The van der Waals surface area contributed by atoms with Crippen molar-refractivity contribution in [3.8, 4) is 0 Å². The number of benzene rings is 1. The fourth-order valence-electron chi connectivity index (χ4n) is 3.99. The maximum atomic E-state index is 13.2. The third kappa shape index (κ3) is 4.25. The standard InChI is InChI=1S/C22H24N6O3/c1-27-18(25-15-26-27)9-11-24-21(31)22(12-16-6-3-2-4-7-16)13-28(14-22)19-17(20(29)30)8-5-10-23-19/h2-8,10,15H,9,11-14H2,1H3,(H,24,31)(H,29,30). The first-order valence-electron chi connectivity index (χ1n) is 10.1. The van der Waals surface area contributed by atoms with Gasteiger partial charge >= 0.3 is 5.97 Å². The van der Waals surface area contributed by atoms with E-state index in [4.69, 9.17) is 0 Å². The van der Waals surface area contributed by atoms with Crippen molar-refractivity contribution in [3.05, 3.63) is 71.9 Å². The Morgan fingerprint density at radius 2 is 1.90 bits per heavy atom. The number of hydrogen-bond acceptors (Lipinski definition) is 6. The summed E-state index contributed by atoms with van der Waals surface area (Å²) >= 11 is 0. The van der Waals surface area contributed by atoms with Gasteiger partial charge in [0.1, 0.15) is 23.5 Å². The molecule has 1 amide bonds. The number of pyridine rings is 1. The second-order valence-corrected chi connectivity index (χ2v) is 7.78. The Hall–Kier alpha value is -3.75. The van der Waals surface area contributed by atoms with Crippen LogP contribution in [0.15, 0.2) is 55.0 Å². The Bertz CT molecular complexity index is 1080. The number of aromatic carboxylic acids is 1. The molecule has 0 radical (unpaired) electrons. The first kappa shape index (κ1) is 20.5. The number of aryl methyl sites for hydroxylation is 1. The molecule has 0 bridgehead atoms. The summed E-state index contributed by atoms with van der Waals surface area (Å²) in [5, 5.41) is 16.6. The maximum Gasteiger partial charge on any atom is 0.339 e. The van der Waals surface area contributed by atoms with Gasteiger partial charge in [0.05, 0.1) is 5.41 Å². The Morgan fingerprint density at radius 1 is 1.13 bits per heavy atom. The van der Waals surface area contributed by atoms with E-state index in [9.17, 15) is 14.7 Å². The molecule has 0 atom stereocenters. The zero-order valence-electron chi connectivity index (χ0n) is 17.2. The number of rotatable bonds is 8. The average Bonchev–Trinajstić information content (AvgIpc) is 3.15. The molecule has 9 nitrogen and oxygen atoms in total. The summed E-state index contributed by atoms with van der Waals surface area (Å²) < 4.78 is 1.69. The zero-order chi connectivity index (χ0) is 21.8. The average molecular weight is 420 g/mol. The van der Waals surface area contributed by atoms with Crippen LogP contribution in [0.25, 0.3) is 0 Å². The summed E-state index contributed by atoms with van der Waals surface area (Å²) in [6.07, 6.45) is 4.21. The number of nitrogens with one attached hydrogen (secondary N) is 1. The largest absolute Gasteiger partial charge is 0.478 e. The van der Waals surface area contributed by atoms with Crippen molar-refractivity contribution in [1.29, 1.82) is 0 Å². The van der Waals surface area contributed by atoms with Crippen molar-refractivity contribution in [1.82, 2.24) is 25.1 Å². The maximum absolute atomic E-state index is 13.2. The second kappa shape index (κ2) is 8.55. The van der Waals surface area contributed by atoms with Gasteiger partial charge in [0.2, 0.25) is 5.91 Å². The van der Waals surface area contributed by atoms with Crippen molar-refractivity contribution >= 4 is 17.7 Å². The molecule has 0 aliphatic carbocycles. The lowest BCUT2D eigenvalue weighted by Gasteiger charge is -2.50. The molecule has 1 aliphatic rings. The van der Waals surface area contributed by atoms with E-state index in [1.54, 1.807) is 16.9 Å². The highest BCUT2D eigenvalue weighted by Crippen LogP contribution is 2.38. The van der Waals surface area contributed by atoms with Crippen LogP contribution in [-0.2, 0) is 24.7 Å². The third-order valence-electron chi connectivity index (χ3n) is 5.61. The van der Waals surface area contributed by atoms with Crippen molar-refractivity contribution in [2.45, 2.75) is 12.8 Å². The van der Waals surface area contributed by atoms with Crippen LogP contribution < -0.4 is 10.2 Å². The summed E-state index contributed by atoms with van der Waals surface area (Å²) in [6.45, 7) is 1.25. The number of anilines is 1. The first-order chi connectivity index (χ1) is 15.0. The van der Waals surface area contributed by atoms with E-state index in [0.29, 0.717) is 38.3 Å². The number of hydrogen-bond donors (Lipinski definition) is 2. The van der Waals surface area contributed by atoms with Crippen LogP contribution in [0.5, 0.6) is 0 Å². The summed E-state index contributed by atoms with van der Waals surface area (Å²) in [7, 11) is 1.82. The van der Waals surface area contributed by atoms with Crippen LogP contribution in [0.2, 0.25) is 0 Å². The van der Waals surface area contributed by atoms with Crippen LogP contribution in [0.1, 0.15) is 21.7 Å². The summed E-state index contributed by atoms with van der Waals surface area (Å²) in [5.74, 6) is 0.108. The third-order valence-corrected chi connectivity index (χ3v) is 5.61. The molecule has 0 unspecified atom stereocenters. The lowest BCUT2D eigenvalue weighted by atomic mass is 9.73. The van der Waals surface area contributed by atoms with Crippen molar-refractivity contribution < 1.29 is 14.7 Å². The van der Waals surface area contributed by atoms with E-state index >= 15 is 0 Å². The van der Waals surface area contributed by atoms with Crippen LogP contribution in [0.3, 0.4) is 0 Å². The highest BCUT2D eigenvalue weighted by molar-refractivity contribution is 5.94. The van der Waals surface area contributed by atoms with E-state index in [0.717, 1.165) is 11.4 Å². The molecule has 2 N–H and O–H groups in total. The molecule has 0 spiro atoms. The predicted molar refractivity (Wildman–Crippen MR) is 114 cm³/mol. The second-order valence-electron chi connectivity index (χ2n) is 7.78. The van der Waals surface area contributed by atoms with Crippen molar-refractivity contribution in [2.24, 2.45) is 12.5 Å². The van der Waals surface area contributed by atoms with Gasteiger partial charge in [0.25, 0.3) is 0 Å². The SMILES string of the molecule is Cn1ncnc1CCNC(=O)C1(Cc2ccccc2)CN(c2ncccc2C(=O)O)C1. The molecule has 1 aromatic carbocycles. The number of carboxylic acids is 1. The van der Waals surface area contributed by atoms with Crippen molar-refractivity contribution in [2.75, 3.05) is 24.5 Å². The molecular weight excluding hydrogens is 396 g/mol.